The standard InChI is InChI=1S/C5H8FN3/c1-9-4(6)3-8-5(9)2-7/h3H,2,7H2,1H3. The van der Waals surface area contributed by atoms with Gasteiger partial charge in [0.25, 0.3) is 0 Å². The van der Waals surface area contributed by atoms with Gasteiger partial charge in [-0.15, -0.1) is 0 Å². The molecule has 0 amide bonds. The number of imidazole rings is 1. The third-order valence-electron chi connectivity index (χ3n) is 1.21. The van der Waals surface area contributed by atoms with Gasteiger partial charge in [-0.2, -0.15) is 4.39 Å². The maximum Gasteiger partial charge on any atom is 0.213 e. The van der Waals surface area contributed by atoms with Crippen LogP contribution in [0.2, 0.25) is 0 Å². The second-order valence-corrected chi connectivity index (χ2v) is 1.76. The predicted molar refractivity (Wildman–Crippen MR) is 31.1 cm³/mol. The van der Waals surface area contributed by atoms with Crippen molar-refractivity contribution in [1.82, 2.24) is 9.55 Å². The van der Waals surface area contributed by atoms with E-state index in [2.05, 4.69) is 4.98 Å². The smallest absolute Gasteiger partial charge is 0.213 e. The van der Waals surface area contributed by atoms with Crippen LogP contribution < -0.4 is 5.73 Å². The Morgan fingerprint density at radius 3 is 2.78 bits per heavy atom. The Morgan fingerprint density at radius 2 is 2.56 bits per heavy atom. The molecule has 0 atom stereocenters. The normalized spacial score (nSPS) is 10.1. The van der Waals surface area contributed by atoms with Crippen LogP contribution in [0.5, 0.6) is 0 Å². The van der Waals surface area contributed by atoms with Gasteiger partial charge in [0.2, 0.25) is 5.95 Å². The van der Waals surface area contributed by atoms with Crippen LogP contribution in [-0.4, -0.2) is 9.55 Å². The van der Waals surface area contributed by atoms with E-state index in [0.29, 0.717) is 5.82 Å². The minimum absolute atomic E-state index is 0.278. The maximum atomic E-state index is 12.4. The summed E-state index contributed by atoms with van der Waals surface area (Å²) in [4.78, 5) is 3.70. The molecule has 0 aromatic carbocycles. The van der Waals surface area contributed by atoms with Crippen molar-refractivity contribution in [3.8, 4) is 0 Å². The van der Waals surface area contributed by atoms with Gasteiger partial charge in [-0.1, -0.05) is 0 Å². The number of rotatable bonds is 1. The average Bonchev–Trinajstić information content (AvgIpc) is 2.15. The molecule has 0 unspecified atom stereocenters. The Hall–Kier alpha value is -0.900. The van der Waals surface area contributed by atoms with E-state index in [4.69, 9.17) is 5.73 Å². The lowest BCUT2D eigenvalue weighted by Gasteiger charge is -1.94. The molecule has 0 saturated carbocycles. The quantitative estimate of drug-likeness (QED) is 0.580. The highest BCUT2D eigenvalue weighted by molar-refractivity contribution is 4.91. The van der Waals surface area contributed by atoms with E-state index in [-0.39, 0.29) is 12.5 Å². The molecule has 1 heterocycles. The zero-order valence-electron chi connectivity index (χ0n) is 5.13. The van der Waals surface area contributed by atoms with E-state index >= 15 is 0 Å². The van der Waals surface area contributed by atoms with Gasteiger partial charge >= 0.3 is 0 Å². The molecule has 1 aromatic heterocycles. The molecule has 1 rings (SSSR count). The summed E-state index contributed by atoms with van der Waals surface area (Å²) in [5, 5.41) is 0. The molecule has 3 nitrogen and oxygen atoms in total. The molecule has 50 valence electrons. The minimum Gasteiger partial charge on any atom is -0.324 e. The summed E-state index contributed by atoms with van der Waals surface area (Å²) < 4.78 is 13.7. The SMILES string of the molecule is Cn1c(F)cnc1CN. The van der Waals surface area contributed by atoms with Crippen LogP contribution >= 0.6 is 0 Å². The lowest BCUT2D eigenvalue weighted by Crippen LogP contribution is -2.05. The first-order valence-electron chi connectivity index (χ1n) is 2.62. The molecule has 9 heavy (non-hydrogen) atoms. The van der Waals surface area contributed by atoms with E-state index in [1.807, 2.05) is 0 Å². The van der Waals surface area contributed by atoms with Crippen molar-refractivity contribution < 1.29 is 4.39 Å². The molecular weight excluding hydrogens is 121 g/mol. The van der Waals surface area contributed by atoms with Crippen molar-refractivity contribution in [2.24, 2.45) is 12.8 Å². The summed E-state index contributed by atoms with van der Waals surface area (Å²) in [7, 11) is 1.59. The van der Waals surface area contributed by atoms with Gasteiger partial charge in [0.15, 0.2) is 0 Å². The summed E-state index contributed by atoms with van der Waals surface area (Å²) >= 11 is 0. The van der Waals surface area contributed by atoms with Gasteiger partial charge < -0.3 is 10.3 Å². The highest BCUT2D eigenvalue weighted by Crippen LogP contribution is 1.97. The van der Waals surface area contributed by atoms with Crippen LogP contribution in [0, 0.1) is 5.95 Å². The Labute approximate surface area is 52.3 Å². The third-order valence-corrected chi connectivity index (χ3v) is 1.21. The van der Waals surface area contributed by atoms with Gasteiger partial charge in [0, 0.05) is 7.05 Å². The van der Waals surface area contributed by atoms with Crippen LogP contribution in [0.3, 0.4) is 0 Å². The first-order chi connectivity index (χ1) is 4.25. The van der Waals surface area contributed by atoms with Gasteiger partial charge in [-0.05, 0) is 0 Å². The van der Waals surface area contributed by atoms with E-state index in [9.17, 15) is 4.39 Å². The topological polar surface area (TPSA) is 43.8 Å². The summed E-state index contributed by atoms with van der Waals surface area (Å²) in [6.07, 6.45) is 1.15. The van der Waals surface area contributed by atoms with E-state index in [1.165, 1.54) is 4.57 Å². The first-order valence-corrected chi connectivity index (χ1v) is 2.62. The predicted octanol–water partition coefficient (Wildman–Crippen LogP) is 0.0179. The van der Waals surface area contributed by atoms with E-state index in [0.717, 1.165) is 6.20 Å². The monoisotopic (exact) mass is 129 g/mol. The zero-order chi connectivity index (χ0) is 6.85. The van der Waals surface area contributed by atoms with Crippen molar-refractivity contribution in [3.05, 3.63) is 18.0 Å². The van der Waals surface area contributed by atoms with Crippen molar-refractivity contribution in [2.45, 2.75) is 6.54 Å². The van der Waals surface area contributed by atoms with Crippen LogP contribution in [0.1, 0.15) is 5.82 Å². The number of hydrogen-bond donors (Lipinski definition) is 1. The molecular formula is C5H8FN3. The summed E-state index contributed by atoms with van der Waals surface area (Å²) in [5.41, 5.74) is 5.21. The Bertz CT molecular complexity index is 206. The number of halogens is 1. The van der Waals surface area contributed by atoms with Crippen LogP contribution in [0.25, 0.3) is 0 Å². The van der Waals surface area contributed by atoms with Gasteiger partial charge in [-0.25, -0.2) is 4.98 Å². The van der Waals surface area contributed by atoms with Gasteiger partial charge in [-0.3, -0.25) is 0 Å². The van der Waals surface area contributed by atoms with Crippen molar-refractivity contribution in [2.75, 3.05) is 0 Å². The second kappa shape index (κ2) is 2.14. The summed E-state index contributed by atoms with van der Waals surface area (Å²) in [6, 6.07) is 0. The van der Waals surface area contributed by atoms with Crippen molar-refractivity contribution in [1.29, 1.82) is 0 Å². The summed E-state index contributed by atoms with van der Waals surface area (Å²) in [6.45, 7) is 0.278. The van der Waals surface area contributed by atoms with E-state index < -0.39 is 0 Å². The molecule has 0 radical (unpaired) electrons. The fraction of sp³-hybridized carbons (Fsp3) is 0.400. The lowest BCUT2D eigenvalue weighted by atomic mass is 10.6. The average molecular weight is 129 g/mol. The fourth-order valence-electron chi connectivity index (χ4n) is 0.614. The molecule has 2 N–H and O–H groups in total. The number of aromatic nitrogens is 2. The zero-order valence-corrected chi connectivity index (χ0v) is 5.13. The fourth-order valence-corrected chi connectivity index (χ4v) is 0.614. The maximum absolute atomic E-state index is 12.4. The summed E-state index contributed by atoms with van der Waals surface area (Å²) in [5.74, 6) is 0.211. The molecule has 1 aromatic rings. The first kappa shape index (κ1) is 6.22. The van der Waals surface area contributed by atoms with Crippen molar-refractivity contribution in [3.63, 3.8) is 0 Å². The molecule has 0 spiro atoms. The highest BCUT2D eigenvalue weighted by Gasteiger charge is 2.00. The van der Waals surface area contributed by atoms with E-state index in [1.54, 1.807) is 7.05 Å². The highest BCUT2D eigenvalue weighted by atomic mass is 19.1. The van der Waals surface area contributed by atoms with Crippen LogP contribution in [0.4, 0.5) is 4.39 Å². The molecule has 4 heteroatoms. The third kappa shape index (κ3) is 0.929. The van der Waals surface area contributed by atoms with Crippen LogP contribution in [0.15, 0.2) is 6.20 Å². The molecule has 0 bridgehead atoms. The Kier molecular flexibility index (Phi) is 1.48. The van der Waals surface area contributed by atoms with Crippen LogP contribution in [-0.2, 0) is 13.6 Å². The van der Waals surface area contributed by atoms with Crippen molar-refractivity contribution >= 4 is 0 Å². The van der Waals surface area contributed by atoms with Gasteiger partial charge in [0.05, 0.1) is 12.7 Å². The molecule has 0 aliphatic heterocycles. The molecule has 0 fully saturated rings. The molecule has 0 saturated heterocycles. The number of hydrogen-bond acceptors (Lipinski definition) is 2. The molecule has 0 aliphatic rings. The number of nitrogens with two attached hydrogens (primary N) is 1. The Balaban J connectivity index is 3.04. The van der Waals surface area contributed by atoms with Gasteiger partial charge in [0.1, 0.15) is 5.82 Å². The minimum atomic E-state index is -0.351. The second-order valence-electron chi connectivity index (χ2n) is 1.76. The lowest BCUT2D eigenvalue weighted by molar-refractivity contribution is 0.525. The Morgan fingerprint density at radius 1 is 1.89 bits per heavy atom. The largest absolute Gasteiger partial charge is 0.324 e. The number of nitrogens with zero attached hydrogens (tertiary/aromatic N) is 2. The molecule has 0 aliphatic carbocycles.